The molecule has 0 amide bonds. The number of rotatable bonds is 3. The van der Waals surface area contributed by atoms with Crippen LogP contribution < -0.4 is 4.72 Å². The second-order valence-corrected chi connectivity index (χ2v) is 12.3. The van der Waals surface area contributed by atoms with Crippen molar-refractivity contribution in [1.82, 2.24) is 18.6 Å². The molecule has 0 radical (unpaired) electrons. The molecule has 1 spiro atoms. The minimum absolute atomic E-state index is 0.124. The van der Waals surface area contributed by atoms with Gasteiger partial charge < -0.3 is 4.57 Å². The molecule has 1 aromatic heterocycles. The molecule has 1 saturated heterocycles. The van der Waals surface area contributed by atoms with E-state index in [0.29, 0.717) is 34.9 Å². The van der Waals surface area contributed by atoms with E-state index in [9.17, 15) is 34.8 Å². The largest absolute Gasteiger partial charge is 0.416 e. The number of nitrogens with zero attached hydrogens (tertiary/aromatic N) is 3. The van der Waals surface area contributed by atoms with E-state index in [0.717, 1.165) is 35.2 Å². The minimum Gasteiger partial charge on any atom is -0.306 e. The Bertz CT molecular complexity index is 1520. The second-order valence-electron chi connectivity index (χ2n) is 10.6. The zero-order chi connectivity index (χ0) is 27.8. The fourth-order valence-corrected chi connectivity index (χ4v) is 8.15. The molecule has 208 valence electrons. The highest BCUT2D eigenvalue weighted by molar-refractivity contribution is 7.87. The standard InChI is InChI=1S/C26H24F6N4O2S/c27-25(28,29)14-36-13-24(34-39(36,37)38)20-3-4-21(24)11-18-9-17(2-1-16(18)10-20)23-12-35(15-33-23)22-7-5-19(6-8-22)26(30,31)32/h1-2,5-9,12,15,20-21,34H,3-4,10-11,13-14H2/t20-,21+,24+/m0/s1. The number of fused-ring (bicyclic) bond motifs is 1. The van der Waals surface area contributed by atoms with Gasteiger partial charge >= 0.3 is 12.4 Å². The zero-order valence-corrected chi connectivity index (χ0v) is 21.2. The van der Waals surface area contributed by atoms with Crippen LogP contribution in [0, 0.1) is 11.8 Å². The SMILES string of the molecule is O=S1(=O)N[C@@]2(CN1CC(F)(F)F)[C@@H]1CC[C@H]2Cc2ccc(-c3cn(-c4ccc(C(F)(F)F)cc4)cn3)cc2C1. The van der Waals surface area contributed by atoms with Gasteiger partial charge in [0.15, 0.2) is 0 Å². The van der Waals surface area contributed by atoms with Crippen LogP contribution in [-0.4, -0.2) is 47.1 Å². The molecule has 2 bridgehead atoms. The van der Waals surface area contributed by atoms with E-state index < -0.39 is 40.2 Å². The summed E-state index contributed by atoms with van der Waals surface area (Å²) in [4.78, 5) is 4.42. The van der Waals surface area contributed by atoms with Gasteiger partial charge in [0, 0.05) is 24.0 Å². The van der Waals surface area contributed by atoms with E-state index >= 15 is 0 Å². The number of aromatic nitrogens is 2. The van der Waals surface area contributed by atoms with Crippen molar-refractivity contribution in [2.45, 2.75) is 43.6 Å². The zero-order valence-electron chi connectivity index (χ0n) is 20.4. The Morgan fingerprint density at radius 1 is 0.949 bits per heavy atom. The van der Waals surface area contributed by atoms with Gasteiger partial charge in [0.1, 0.15) is 6.54 Å². The molecule has 3 aromatic rings. The van der Waals surface area contributed by atoms with Crippen LogP contribution >= 0.6 is 0 Å². The average Bonchev–Trinajstić information content (AvgIpc) is 3.48. The van der Waals surface area contributed by atoms with Crippen LogP contribution in [0.15, 0.2) is 55.0 Å². The van der Waals surface area contributed by atoms with Crippen molar-refractivity contribution in [3.05, 3.63) is 71.7 Å². The number of imidazole rings is 1. The molecule has 2 heterocycles. The summed E-state index contributed by atoms with van der Waals surface area (Å²) in [5.74, 6) is -0.279. The number of alkyl halides is 6. The summed E-state index contributed by atoms with van der Waals surface area (Å²) >= 11 is 0. The molecule has 1 N–H and O–H groups in total. The highest BCUT2D eigenvalue weighted by Gasteiger charge is 2.60. The lowest BCUT2D eigenvalue weighted by molar-refractivity contribution is -0.138. The summed E-state index contributed by atoms with van der Waals surface area (Å²) < 4.78 is 108. The maximum atomic E-state index is 13.1. The summed E-state index contributed by atoms with van der Waals surface area (Å²) in [6.45, 7) is -1.72. The maximum absolute atomic E-state index is 13.1. The van der Waals surface area contributed by atoms with E-state index in [-0.39, 0.29) is 18.4 Å². The van der Waals surface area contributed by atoms with Crippen LogP contribution in [0.5, 0.6) is 0 Å². The third-order valence-electron chi connectivity index (χ3n) is 8.28. The lowest BCUT2D eigenvalue weighted by Gasteiger charge is -2.33. The van der Waals surface area contributed by atoms with Crippen molar-refractivity contribution >= 4 is 10.2 Å². The molecule has 0 unspecified atom stereocenters. The molecular weight excluding hydrogens is 546 g/mol. The van der Waals surface area contributed by atoms with E-state index in [1.165, 1.54) is 18.5 Å². The fraction of sp³-hybridized carbons (Fsp3) is 0.423. The van der Waals surface area contributed by atoms with Crippen LogP contribution in [0.25, 0.3) is 16.9 Å². The Morgan fingerprint density at radius 2 is 1.62 bits per heavy atom. The lowest BCUT2D eigenvalue weighted by Crippen LogP contribution is -2.52. The molecule has 1 aliphatic heterocycles. The van der Waals surface area contributed by atoms with Gasteiger partial charge in [0.2, 0.25) is 0 Å². The number of hydrogen-bond acceptors (Lipinski definition) is 3. The molecule has 2 aliphatic carbocycles. The normalized spacial score (nSPS) is 26.6. The highest BCUT2D eigenvalue weighted by atomic mass is 32.2. The molecule has 3 aliphatic rings. The summed E-state index contributed by atoms with van der Waals surface area (Å²) in [5, 5.41) is 0. The maximum Gasteiger partial charge on any atom is 0.416 e. The van der Waals surface area contributed by atoms with Gasteiger partial charge in [-0.2, -0.15) is 43.8 Å². The van der Waals surface area contributed by atoms with Gasteiger partial charge in [0.05, 0.1) is 23.1 Å². The third kappa shape index (κ3) is 4.74. The first-order valence-electron chi connectivity index (χ1n) is 12.4. The lowest BCUT2D eigenvalue weighted by atomic mass is 9.79. The van der Waals surface area contributed by atoms with Crippen LogP contribution in [0.3, 0.4) is 0 Å². The van der Waals surface area contributed by atoms with E-state index in [1.54, 1.807) is 10.8 Å². The Morgan fingerprint density at radius 3 is 2.26 bits per heavy atom. The van der Waals surface area contributed by atoms with Crippen molar-refractivity contribution < 1.29 is 34.8 Å². The van der Waals surface area contributed by atoms with Crippen molar-refractivity contribution in [2.24, 2.45) is 11.8 Å². The van der Waals surface area contributed by atoms with Gasteiger partial charge in [0.25, 0.3) is 10.2 Å². The molecular formula is C26H24F6N4O2S. The topological polar surface area (TPSA) is 67.2 Å². The molecule has 2 fully saturated rings. The molecule has 39 heavy (non-hydrogen) atoms. The van der Waals surface area contributed by atoms with Crippen molar-refractivity contribution in [3.8, 4) is 16.9 Å². The fourth-order valence-electron chi connectivity index (χ4n) is 6.44. The Balaban J connectivity index is 1.26. The minimum atomic E-state index is -4.63. The van der Waals surface area contributed by atoms with Crippen LogP contribution in [0.4, 0.5) is 26.3 Å². The first kappa shape index (κ1) is 26.3. The molecule has 6 nitrogen and oxygen atoms in total. The second kappa shape index (κ2) is 8.80. The predicted molar refractivity (Wildman–Crippen MR) is 130 cm³/mol. The number of hydrogen-bond donors (Lipinski definition) is 1. The van der Waals surface area contributed by atoms with Crippen molar-refractivity contribution in [2.75, 3.05) is 13.1 Å². The van der Waals surface area contributed by atoms with Crippen LogP contribution in [0.1, 0.15) is 29.5 Å². The number of nitrogens with one attached hydrogen (secondary N) is 1. The highest BCUT2D eigenvalue weighted by Crippen LogP contribution is 2.50. The first-order chi connectivity index (χ1) is 18.2. The molecule has 2 aromatic carbocycles. The van der Waals surface area contributed by atoms with Gasteiger partial charge in [-0.1, -0.05) is 12.1 Å². The Kier molecular flexibility index (Phi) is 5.94. The smallest absolute Gasteiger partial charge is 0.306 e. The van der Waals surface area contributed by atoms with Crippen LogP contribution in [0.2, 0.25) is 0 Å². The molecule has 3 atom stereocenters. The van der Waals surface area contributed by atoms with E-state index in [1.807, 2.05) is 18.2 Å². The summed E-state index contributed by atoms with van der Waals surface area (Å²) in [5.41, 5.74) is 2.25. The van der Waals surface area contributed by atoms with Crippen molar-refractivity contribution in [3.63, 3.8) is 0 Å². The van der Waals surface area contributed by atoms with Gasteiger partial charge in [-0.05, 0) is 79.0 Å². The summed E-state index contributed by atoms with van der Waals surface area (Å²) in [6, 6.07) is 10.6. The van der Waals surface area contributed by atoms with Gasteiger partial charge in [-0.3, -0.25) is 0 Å². The summed E-state index contributed by atoms with van der Waals surface area (Å²) in [7, 11) is -4.26. The van der Waals surface area contributed by atoms with Crippen LogP contribution in [-0.2, 0) is 29.2 Å². The van der Waals surface area contributed by atoms with Gasteiger partial charge in [-0.25, -0.2) is 4.98 Å². The average molecular weight is 571 g/mol. The van der Waals surface area contributed by atoms with E-state index in [4.69, 9.17) is 0 Å². The van der Waals surface area contributed by atoms with Crippen molar-refractivity contribution in [1.29, 1.82) is 0 Å². The Labute approximate surface area is 220 Å². The molecule has 13 heteroatoms. The summed E-state index contributed by atoms with van der Waals surface area (Å²) in [6.07, 6.45) is -3.32. The van der Waals surface area contributed by atoms with E-state index in [2.05, 4.69) is 9.71 Å². The molecule has 6 rings (SSSR count). The third-order valence-corrected chi connectivity index (χ3v) is 9.86. The quantitative estimate of drug-likeness (QED) is 0.444. The Hall–Kier alpha value is -2.90. The number of benzene rings is 2. The molecule has 1 saturated carbocycles. The monoisotopic (exact) mass is 570 g/mol. The predicted octanol–water partition coefficient (Wildman–Crippen LogP) is 5.13. The first-order valence-corrected chi connectivity index (χ1v) is 13.9. The number of halogens is 6. The van der Waals surface area contributed by atoms with Gasteiger partial charge in [-0.15, -0.1) is 0 Å².